The Morgan fingerprint density at radius 2 is 1.75 bits per heavy atom. The zero-order valence-electron chi connectivity index (χ0n) is 10.5. The summed E-state index contributed by atoms with van der Waals surface area (Å²) in [5, 5.41) is 0. The molecule has 0 heterocycles. The van der Waals surface area contributed by atoms with Crippen LogP contribution >= 0.6 is 0 Å². The molecule has 0 unspecified atom stereocenters. The molecule has 0 atom stereocenters. The van der Waals surface area contributed by atoms with E-state index in [1.807, 2.05) is 32.9 Å². The van der Waals surface area contributed by atoms with Crippen LogP contribution in [0.5, 0.6) is 0 Å². The van der Waals surface area contributed by atoms with Gasteiger partial charge in [-0.25, -0.2) is 0 Å². The third-order valence-corrected chi connectivity index (χ3v) is 2.26. The van der Waals surface area contributed by atoms with E-state index in [0.717, 1.165) is 35.3 Å². The van der Waals surface area contributed by atoms with Gasteiger partial charge < -0.3 is 15.3 Å². The number of benzene rings is 1. The van der Waals surface area contributed by atoms with Crippen LogP contribution in [0.15, 0.2) is 12.1 Å². The minimum absolute atomic E-state index is 0.474. The predicted molar refractivity (Wildman–Crippen MR) is 67.6 cm³/mol. The van der Waals surface area contributed by atoms with Gasteiger partial charge in [0.15, 0.2) is 0 Å². The summed E-state index contributed by atoms with van der Waals surface area (Å²) in [4.78, 5) is 10.3. The summed E-state index contributed by atoms with van der Waals surface area (Å²) in [6.45, 7) is 6.69. The summed E-state index contributed by atoms with van der Waals surface area (Å²) in [5.41, 5.74) is 9.71. The fourth-order valence-electron chi connectivity index (χ4n) is 1.28. The van der Waals surface area contributed by atoms with Crippen LogP contribution in [0.1, 0.15) is 23.6 Å². The molecule has 1 aromatic rings. The van der Waals surface area contributed by atoms with Crippen molar-refractivity contribution >= 4 is 12.0 Å². The number of nitrogens with two attached hydrogens (primary N) is 1. The lowest BCUT2D eigenvalue weighted by molar-refractivity contribution is -0.107. The van der Waals surface area contributed by atoms with E-state index in [-0.39, 0.29) is 0 Å². The first-order chi connectivity index (χ1) is 7.56. The number of hydrogen-bond donors (Lipinski definition) is 1. The largest absolute Gasteiger partial charge is 0.398 e. The molecule has 0 spiro atoms. The van der Waals surface area contributed by atoms with Crippen molar-refractivity contribution < 1.29 is 9.53 Å². The van der Waals surface area contributed by atoms with Gasteiger partial charge >= 0.3 is 0 Å². The van der Waals surface area contributed by atoms with Gasteiger partial charge in [0.25, 0.3) is 0 Å². The van der Waals surface area contributed by atoms with Crippen molar-refractivity contribution in [1.29, 1.82) is 0 Å². The first-order valence-corrected chi connectivity index (χ1v) is 5.34. The van der Waals surface area contributed by atoms with Gasteiger partial charge in [-0.2, -0.15) is 0 Å². The Morgan fingerprint density at radius 1 is 1.31 bits per heavy atom. The number of aldehydes is 1. The molecule has 1 aromatic carbocycles. The Morgan fingerprint density at radius 3 is 2.06 bits per heavy atom. The Bertz CT molecular complexity index is 310. The summed E-state index contributed by atoms with van der Waals surface area (Å²) < 4.78 is 4.54. The summed E-state index contributed by atoms with van der Waals surface area (Å²) in [5.74, 6) is 0. The van der Waals surface area contributed by atoms with E-state index in [4.69, 9.17) is 5.73 Å². The lowest BCUT2D eigenvalue weighted by Crippen LogP contribution is -1.96. The molecule has 0 saturated carbocycles. The molecule has 3 nitrogen and oxygen atoms in total. The second-order valence-electron chi connectivity index (χ2n) is 3.59. The fraction of sp³-hybridized carbons (Fsp3) is 0.462. The molecule has 16 heavy (non-hydrogen) atoms. The first-order valence-electron chi connectivity index (χ1n) is 5.34. The Balaban J connectivity index is 0.000000487. The number of ether oxygens (including phenoxy) is 1. The SMILES string of the molecule is CCOC.Cc1cc(CC=O)cc(C)c1N. The number of aryl methyl sites for hydroxylation is 2. The molecule has 90 valence electrons. The molecule has 0 radical (unpaired) electrons. The first kappa shape index (κ1) is 14.6. The fourth-order valence-corrected chi connectivity index (χ4v) is 1.28. The highest BCUT2D eigenvalue weighted by atomic mass is 16.5. The third-order valence-electron chi connectivity index (χ3n) is 2.26. The van der Waals surface area contributed by atoms with Crippen molar-refractivity contribution in [2.45, 2.75) is 27.2 Å². The maximum atomic E-state index is 10.3. The number of nitrogen functional groups attached to an aromatic ring is 1. The number of rotatable bonds is 3. The molecule has 3 heteroatoms. The molecule has 1 rings (SSSR count). The molecule has 0 aliphatic carbocycles. The summed E-state index contributed by atoms with van der Waals surface area (Å²) in [6.07, 6.45) is 1.38. The lowest BCUT2D eigenvalue weighted by Gasteiger charge is -2.06. The van der Waals surface area contributed by atoms with Crippen LogP contribution in [-0.4, -0.2) is 20.0 Å². The van der Waals surface area contributed by atoms with Crippen molar-refractivity contribution in [2.24, 2.45) is 0 Å². The van der Waals surface area contributed by atoms with E-state index in [1.54, 1.807) is 7.11 Å². The van der Waals surface area contributed by atoms with E-state index < -0.39 is 0 Å². The van der Waals surface area contributed by atoms with Crippen LogP contribution in [0.3, 0.4) is 0 Å². The maximum Gasteiger partial charge on any atom is 0.124 e. The highest BCUT2D eigenvalue weighted by molar-refractivity contribution is 5.60. The van der Waals surface area contributed by atoms with Gasteiger partial charge in [0.2, 0.25) is 0 Å². The second-order valence-corrected chi connectivity index (χ2v) is 3.59. The van der Waals surface area contributed by atoms with Gasteiger partial charge in [0.05, 0.1) is 0 Å². The Hall–Kier alpha value is -1.35. The molecule has 0 aromatic heterocycles. The van der Waals surface area contributed by atoms with Gasteiger partial charge in [-0.1, -0.05) is 12.1 Å². The molecule has 0 aliphatic heterocycles. The zero-order chi connectivity index (χ0) is 12.6. The summed E-state index contributed by atoms with van der Waals surface area (Å²) in [7, 11) is 1.68. The van der Waals surface area contributed by atoms with Gasteiger partial charge in [-0.3, -0.25) is 0 Å². The van der Waals surface area contributed by atoms with Crippen molar-refractivity contribution in [2.75, 3.05) is 19.5 Å². The summed E-state index contributed by atoms with van der Waals surface area (Å²) in [6, 6.07) is 3.91. The summed E-state index contributed by atoms with van der Waals surface area (Å²) >= 11 is 0. The van der Waals surface area contributed by atoms with Crippen LogP contribution in [0.25, 0.3) is 0 Å². The molecule has 0 fully saturated rings. The normalized spacial score (nSPS) is 9.25. The standard InChI is InChI=1S/C10H13NO.C3H8O/c1-7-5-9(3-4-12)6-8(2)10(7)11;1-3-4-2/h4-6H,3,11H2,1-2H3;3H2,1-2H3. The maximum absolute atomic E-state index is 10.3. The highest BCUT2D eigenvalue weighted by Crippen LogP contribution is 2.18. The number of carbonyl (C=O) groups excluding carboxylic acids is 1. The number of carbonyl (C=O) groups is 1. The number of methoxy groups -OCH3 is 1. The smallest absolute Gasteiger partial charge is 0.124 e. The second kappa shape index (κ2) is 7.88. The van der Waals surface area contributed by atoms with Crippen LogP contribution in [-0.2, 0) is 16.0 Å². The molecule has 0 saturated heterocycles. The molecule has 2 N–H and O–H groups in total. The molecule has 0 aliphatic rings. The van der Waals surface area contributed by atoms with Crippen LogP contribution in [0.2, 0.25) is 0 Å². The number of hydrogen-bond acceptors (Lipinski definition) is 3. The van der Waals surface area contributed by atoms with Crippen molar-refractivity contribution in [1.82, 2.24) is 0 Å². The predicted octanol–water partition coefficient (Wildman–Crippen LogP) is 2.28. The van der Waals surface area contributed by atoms with E-state index in [2.05, 4.69) is 4.74 Å². The van der Waals surface area contributed by atoms with Crippen molar-refractivity contribution in [3.63, 3.8) is 0 Å². The van der Waals surface area contributed by atoms with Crippen LogP contribution in [0, 0.1) is 13.8 Å². The number of anilines is 1. The topological polar surface area (TPSA) is 52.3 Å². The average Bonchev–Trinajstić information content (AvgIpc) is 2.26. The molecular formula is C13H21NO2. The van der Waals surface area contributed by atoms with Crippen LogP contribution < -0.4 is 5.73 Å². The van der Waals surface area contributed by atoms with Gasteiger partial charge in [-0.15, -0.1) is 0 Å². The minimum Gasteiger partial charge on any atom is -0.398 e. The third kappa shape index (κ3) is 4.94. The Kier molecular flexibility index (Phi) is 7.21. The highest BCUT2D eigenvalue weighted by Gasteiger charge is 2.00. The van der Waals surface area contributed by atoms with Crippen molar-refractivity contribution in [3.05, 3.63) is 28.8 Å². The zero-order valence-corrected chi connectivity index (χ0v) is 10.5. The van der Waals surface area contributed by atoms with E-state index in [1.165, 1.54) is 0 Å². The Labute approximate surface area is 97.6 Å². The van der Waals surface area contributed by atoms with Crippen molar-refractivity contribution in [3.8, 4) is 0 Å². The minimum atomic E-state index is 0.474. The van der Waals surface area contributed by atoms with E-state index in [9.17, 15) is 4.79 Å². The van der Waals surface area contributed by atoms with Gasteiger partial charge in [-0.05, 0) is 37.5 Å². The molecular weight excluding hydrogens is 202 g/mol. The molecule has 0 bridgehead atoms. The van der Waals surface area contributed by atoms with E-state index >= 15 is 0 Å². The quantitative estimate of drug-likeness (QED) is 0.631. The van der Waals surface area contributed by atoms with E-state index in [0.29, 0.717) is 6.42 Å². The monoisotopic (exact) mass is 223 g/mol. The van der Waals surface area contributed by atoms with Crippen LogP contribution in [0.4, 0.5) is 5.69 Å². The average molecular weight is 223 g/mol. The van der Waals surface area contributed by atoms with Gasteiger partial charge in [0.1, 0.15) is 6.29 Å². The lowest BCUT2D eigenvalue weighted by atomic mass is 10.0. The molecule has 0 amide bonds. The van der Waals surface area contributed by atoms with Gasteiger partial charge in [0, 0.05) is 25.8 Å².